The average molecular weight is 385 g/mol. The molecule has 1 N–H and O–H groups in total. The van der Waals surface area contributed by atoms with E-state index in [0.29, 0.717) is 28.6 Å². The van der Waals surface area contributed by atoms with Crippen molar-refractivity contribution in [2.75, 3.05) is 19.6 Å². The van der Waals surface area contributed by atoms with Crippen molar-refractivity contribution in [3.05, 3.63) is 70.2 Å². The number of carbonyl (C=O) groups excluding carboxylic acids is 2. The first-order valence-electron chi connectivity index (χ1n) is 9.45. The lowest BCUT2D eigenvalue weighted by Gasteiger charge is -2.30. The highest BCUT2D eigenvalue weighted by Crippen LogP contribution is 2.18. The number of likely N-dealkylation sites (tertiary alicyclic amines) is 1. The van der Waals surface area contributed by atoms with Crippen molar-refractivity contribution in [1.82, 2.24) is 10.2 Å². The molecule has 0 unspecified atom stereocenters. The highest BCUT2D eigenvalue weighted by atomic mass is 35.5. The van der Waals surface area contributed by atoms with Gasteiger partial charge in [-0.15, -0.1) is 0 Å². The van der Waals surface area contributed by atoms with E-state index in [1.165, 1.54) is 0 Å². The number of carbonyl (C=O) groups is 2. The normalized spacial score (nSPS) is 14.8. The van der Waals surface area contributed by atoms with Crippen molar-refractivity contribution in [2.45, 2.75) is 26.2 Å². The summed E-state index contributed by atoms with van der Waals surface area (Å²) in [5, 5.41) is 3.62. The molecule has 1 aliphatic rings. The number of piperidine rings is 1. The Morgan fingerprint density at radius 1 is 1.07 bits per heavy atom. The summed E-state index contributed by atoms with van der Waals surface area (Å²) in [5.74, 6) is 0.524. The fourth-order valence-electron chi connectivity index (χ4n) is 3.26. The second kappa shape index (κ2) is 9.05. The third kappa shape index (κ3) is 5.33. The Morgan fingerprint density at radius 3 is 2.44 bits per heavy atom. The molecule has 4 nitrogen and oxygen atoms in total. The summed E-state index contributed by atoms with van der Waals surface area (Å²) in [5.41, 5.74) is 2.21. The van der Waals surface area contributed by atoms with E-state index in [0.717, 1.165) is 37.9 Å². The van der Waals surface area contributed by atoms with Crippen LogP contribution >= 0.6 is 11.6 Å². The summed E-state index contributed by atoms with van der Waals surface area (Å²) in [6, 6.07) is 14.6. The number of hydrogen-bond donors (Lipinski definition) is 1. The predicted molar refractivity (Wildman–Crippen MR) is 108 cm³/mol. The van der Waals surface area contributed by atoms with Crippen LogP contribution in [0.4, 0.5) is 0 Å². The maximum Gasteiger partial charge on any atom is 0.253 e. The second-order valence-corrected chi connectivity index (χ2v) is 7.62. The van der Waals surface area contributed by atoms with Gasteiger partial charge < -0.3 is 10.2 Å². The molecule has 0 bridgehead atoms. The van der Waals surface area contributed by atoms with E-state index in [9.17, 15) is 9.59 Å². The number of rotatable bonds is 5. The van der Waals surface area contributed by atoms with Gasteiger partial charge >= 0.3 is 0 Å². The second-order valence-electron chi connectivity index (χ2n) is 7.19. The molecule has 0 spiro atoms. The van der Waals surface area contributed by atoms with Crippen molar-refractivity contribution < 1.29 is 9.59 Å². The first-order chi connectivity index (χ1) is 13.0. The van der Waals surface area contributed by atoms with Gasteiger partial charge in [-0.05, 0) is 61.1 Å². The average Bonchev–Trinajstić information content (AvgIpc) is 2.69. The molecule has 1 heterocycles. The lowest BCUT2D eigenvalue weighted by atomic mass is 9.98. The molecule has 1 saturated heterocycles. The maximum atomic E-state index is 12.7. The maximum absolute atomic E-state index is 12.7. The third-order valence-electron chi connectivity index (χ3n) is 5.06. The Balaban J connectivity index is 1.56. The van der Waals surface area contributed by atoms with Gasteiger partial charge in [-0.3, -0.25) is 9.59 Å². The molecule has 27 heavy (non-hydrogen) atoms. The van der Waals surface area contributed by atoms with Gasteiger partial charge in [-0.25, -0.2) is 0 Å². The number of nitrogens with zero attached hydrogens (tertiary/aromatic N) is 1. The molecule has 0 saturated carbocycles. The number of amides is 2. The van der Waals surface area contributed by atoms with Crippen LogP contribution in [0.1, 0.15) is 46.0 Å². The van der Waals surface area contributed by atoms with Crippen LogP contribution in [0.2, 0.25) is 5.02 Å². The van der Waals surface area contributed by atoms with Gasteiger partial charge in [0.1, 0.15) is 0 Å². The zero-order chi connectivity index (χ0) is 19.2. The smallest absolute Gasteiger partial charge is 0.253 e. The zero-order valence-corrected chi connectivity index (χ0v) is 16.3. The lowest BCUT2D eigenvalue weighted by molar-refractivity contribution is 0.0697. The monoisotopic (exact) mass is 384 g/mol. The van der Waals surface area contributed by atoms with Crippen molar-refractivity contribution in [1.29, 1.82) is 0 Å². The molecule has 2 amide bonds. The van der Waals surface area contributed by atoms with Gasteiger partial charge in [-0.2, -0.15) is 0 Å². The van der Waals surface area contributed by atoms with E-state index in [1.54, 1.807) is 24.3 Å². The van der Waals surface area contributed by atoms with Gasteiger partial charge in [0.05, 0.1) is 0 Å². The summed E-state index contributed by atoms with van der Waals surface area (Å²) in [6.07, 6.45) is 2.81. The first kappa shape index (κ1) is 19.4. The van der Waals surface area contributed by atoms with E-state index in [1.807, 2.05) is 29.2 Å². The summed E-state index contributed by atoms with van der Waals surface area (Å²) < 4.78 is 0. The molecule has 1 aliphatic heterocycles. The molecule has 0 aliphatic carbocycles. The number of halogens is 1. The number of nitrogens with one attached hydrogen (secondary N) is 1. The summed E-state index contributed by atoms with van der Waals surface area (Å²) in [7, 11) is 0. The van der Waals surface area contributed by atoms with Crippen molar-refractivity contribution in [2.24, 2.45) is 5.92 Å². The first-order valence-corrected chi connectivity index (χ1v) is 9.82. The van der Waals surface area contributed by atoms with Gasteiger partial charge in [0.25, 0.3) is 11.8 Å². The van der Waals surface area contributed by atoms with Crippen molar-refractivity contribution in [3.8, 4) is 0 Å². The van der Waals surface area contributed by atoms with Crippen LogP contribution in [0.15, 0.2) is 48.5 Å². The van der Waals surface area contributed by atoms with Crippen LogP contribution in [0, 0.1) is 5.92 Å². The zero-order valence-electron chi connectivity index (χ0n) is 15.6. The van der Waals surface area contributed by atoms with Crippen LogP contribution in [0.3, 0.4) is 0 Å². The standard InChI is InChI=1S/C22H25ClN2O2/c1-16-10-13-25(14-11-16)22(27)19-4-2-3-18(15-19)21(26)24-12-9-17-5-7-20(23)8-6-17/h2-8,15-16H,9-14H2,1H3,(H,24,26). The molecule has 142 valence electrons. The minimum absolute atomic E-state index is 0.0118. The number of benzene rings is 2. The predicted octanol–water partition coefficient (Wildman–Crippen LogP) is 4.18. The van der Waals surface area contributed by atoms with Gasteiger partial charge in [0.2, 0.25) is 0 Å². The molecule has 2 aromatic rings. The SMILES string of the molecule is CC1CCN(C(=O)c2cccc(C(=O)NCCc3ccc(Cl)cc3)c2)CC1. The van der Waals surface area contributed by atoms with E-state index in [-0.39, 0.29) is 11.8 Å². The molecular formula is C22H25ClN2O2. The molecule has 1 fully saturated rings. The number of hydrogen-bond acceptors (Lipinski definition) is 2. The summed E-state index contributed by atoms with van der Waals surface area (Å²) >= 11 is 5.88. The van der Waals surface area contributed by atoms with Gasteiger partial charge in [-0.1, -0.05) is 36.7 Å². The Labute approximate surface area is 165 Å². The highest BCUT2D eigenvalue weighted by Gasteiger charge is 2.22. The fraction of sp³-hybridized carbons (Fsp3) is 0.364. The van der Waals surface area contributed by atoms with Crippen LogP contribution in [0.25, 0.3) is 0 Å². The Bertz CT molecular complexity index is 796. The van der Waals surface area contributed by atoms with E-state index in [4.69, 9.17) is 11.6 Å². The lowest BCUT2D eigenvalue weighted by Crippen LogP contribution is -2.38. The minimum atomic E-state index is -0.161. The van der Waals surface area contributed by atoms with Crippen molar-refractivity contribution >= 4 is 23.4 Å². The molecule has 5 heteroatoms. The van der Waals surface area contributed by atoms with Crippen LogP contribution < -0.4 is 5.32 Å². The largest absolute Gasteiger partial charge is 0.352 e. The third-order valence-corrected chi connectivity index (χ3v) is 5.31. The Hall–Kier alpha value is -2.33. The van der Waals surface area contributed by atoms with Gasteiger partial charge in [0.15, 0.2) is 0 Å². The summed E-state index contributed by atoms with van der Waals surface area (Å²) in [6.45, 7) is 4.33. The van der Waals surface area contributed by atoms with E-state index >= 15 is 0 Å². The highest BCUT2D eigenvalue weighted by molar-refractivity contribution is 6.30. The van der Waals surface area contributed by atoms with Crippen molar-refractivity contribution in [3.63, 3.8) is 0 Å². The molecular weight excluding hydrogens is 360 g/mol. The topological polar surface area (TPSA) is 49.4 Å². The van der Waals surface area contributed by atoms with Crippen LogP contribution in [0.5, 0.6) is 0 Å². The van der Waals surface area contributed by atoms with Crippen LogP contribution in [-0.2, 0) is 6.42 Å². The Morgan fingerprint density at radius 2 is 1.74 bits per heavy atom. The van der Waals surface area contributed by atoms with Gasteiger partial charge in [0, 0.05) is 35.8 Å². The molecule has 0 atom stereocenters. The molecule has 0 aromatic heterocycles. The Kier molecular flexibility index (Phi) is 6.51. The van der Waals surface area contributed by atoms with Crippen LogP contribution in [-0.4, -0.2) is 36.3 Å². The minimum Gasteiger partial charge on any atom is -0.352 e. The molecule has 2 aromatic carbocycles. The fourth-order valence-corrected chi connectivity index (χ4v) is 3.39. The summed E-state index contributed by atoms with van der Waals surface area (Å²) in [4.78, 5) is 27.0. The molecule has 0 radical (unpaired) electrons. The molecule has 3 rings (SSSR count). The van der Waals surface area contributed by atoms with E-state index in [2.05, 4.69) is 12.2 Å². The quantitative estimate of drug-likeness (QED) is 0.840. The van der Waals surface area contributed by atoms with E-state index < -0.39 is 0 Å².